The first kappa shape index (κ1) is 14.1. The van der Waals surface area contributed by atoms with Crippen molar-refractivity contribution in [2.45, 2.75) is 57.8 Å². The van der Waals surface area contributed by atoms with Crippen LogP contribution in [0, 0.1) is 5.92 Å². The van der Waals surface area contributed by atoms with Crippen LogP contribution in [-0.4, -0.2) is 21.8 Å². The summed E-state index contributed by atoms with van der Waals surface area (Å²) in [4.78, 5) is 15.7. The molecule has 1 aromatic rings. The number of Topliss-reactive ketones (excluding diaryl/α,β-unsaturated/α-hetero) is 1. The lowest BCUT2D eigenvalue weighted by Crippen LogP contribution is -2.16. The van der Waals surface area contributed by atoms with Crippen LogP contribution in [-0.2, 0) is 4.79 Å². The summed E-state index contributed by atoms with van der Waals surface area (Å²) in [5.74, 6) is -2.93. The maximum atomic E-state index is 13.2. The van der Waals surface area contributed by atoms with E-state index in [1.165, 1.54) is 6.92 Å². The second-order valence-electron chi connectivity index (χ2n) is 5.62. The molecule has 2 unspecified atom stereocenters. The van der Waals surface area contributed by atoms with Gasteiger partial charge in [-0.3, -0.25) is 4.79 Å². The molecule has 1 aliphatic rings. The van der Waals surface area contributed by atoms with Crippen molar-refractivity contribution >= 4 is 5.78 Å². The molecule has 6 heteroatoms. The molecule has 1 aromatic heterocycles. The zero-order chi connectivity index (χ0) is 14.2. The van der Waals surface area contributed by atoms with Crippen LogP contribution in [0.3, 0.4) is 0 Å². The molecule has 106 valence electrons. The molecule has 1 heterocycles. The van der Waals surface area contributed by atoms with Gasteiger partial charge in [-0.25, -0.2) is 8.78 Å². The fourth-order valence-electron chi connectivity index (χ4n) is 2.64. The van der Waals surface area contributed by atoms with Crippen molar-refractivity contribution in [3.63, 3.8) is 0 Å². The van der Waals surface area contributed by atoms with Gasteiger partial charge >= 0.3 is 0 Å². The molecule has 1 aliphatic carbocycles. The lowest BCUT2D eigenvalue weighted by atomic mass is 9.92. The van der Waals surface area contributed by atoms with Gasteiger partial charge in [0.25, 0.3) is 0 Å². The highest BCUT2D eigenvalue weighted by Gasteiger charge is 2.42. The standard InChI is InChI=1S/C13H18F2N2O2/c1-7(2)10(8(3)18)12-16-11(17-19-12)9-4-5-13(14,15)6-9/h7,9-10H,4-6H2,1-3H3. The fourth-order valence-corrected chi connectivity index (χ4v) is 2.64. The van der Waals surface area contributed by atoms with Crippen LogP contribution in [0.5, 0.6) is 0 Å². The van der Waals surface area contributed by atoms with E-state index < -0.39 is 11.8 Å². The molecule has 0 radical (unpaired) electrons. The summed E-state index contributed by atoms with van der Waals surface area (Å²) < 4.78 is 31.4. The third kappa shape index (κ3) is 2.98. The first-order valence-corrected chi connectivity index (χ1v) is 6.52. The van der Waals surface area contributed by atoms with Gasteiger partial charge in [0.15, 0.2) is 5.82 Å². The van der Waals surface area contributed by atoms with Gasteiger partial charge in [-0.05, 0) is 19.3 Å². The Balaban J connectivity index is 2.17. The van der Waals surface area contributed by atoms with Crippen molar-refractivity contribution in [2.24, 2.45) is 5.92 Å². The number of hydrogen-bond acceptors (Lipinski definition) is 4. The predicted octanol–water partition coefficient (Wildman–Crippen LogP) is 3.30. The molecule has 1 fully saturated rings. The quantitative estimate of drug-likeness (QED) is 0.843. The Kier molecular flexibility index (Phi) is 3.69. The number of halogens is 2. The number of nitrogens with zero attached hydrogens (tertiary/aromatic N) is 2. The third-order valence-electron chi connectivity index (χ3n) is 3.60. The van der Waals surface area contributed by atoms with E-state index in [0.717, 1.165) is 0 Å². The minimum atomic E-state index is -2.64. The number of aromatic nitrogens is 2. The number of alkyl halides is 2. The molecule has 2 atom stereocenters. The SMILES string of the molecule is CC(=O)C(c1nc(C2CCC(F)(F)C2)no1)C(C)C. The van der Waals surface area contributed by atoms with Crippen LogP contribution in [0.2, 0.25) is 0 Å². The van der Waals surface area contributed by atoms with E-state index in [9.17, 15) is 13.6 Å². The second-order valence-corrected chi connectivity index (χ2v) is 5.62. The normalized spacial score (nSPS) is 23.8. The fraction of sp³-hybridized carbons (Fsp3) is 0.769. The van der Waals surface area contributed by atoms with Gasteiger partial charge < -0.3 is 4.52 Å². The van der Waals surface area contributed by atoms with Crippen molar-refractivity contribution in [3.8, 4) is 0 Å². The molecule has 0 aliphatic heterocycles. The van der Waals surface area contributed by atoms with Gasteiger partial charge in [-0.2, -0.15) is 4.98 Å². The maximum absolute atomic E-state index is 13.2. The zero-order valence-electron chi connectivity index (χ0n) is 11.3. The van der Waals surface area contributed by atoms with E-state index >= 15 is 0 Å². The Morgan fingerprint density at radius 3 is 2.63 bits per heavy atom. The van der Waals surface area contributed by atoms with Gasteiger partial charge in [-0.15, -0.1) is 0 Å². The summed E-state index contributed by atoms with van der Waals surface area (Å²) in [5, 5.41) is 3.78. The number of ketones is 1. The van der Waals surface area contributed by atoms with E-state index in [0.29, 0.717) is 12.2 Å². The number of carbonyl (C=O) groups excluding carboxylic acids is 1. The average molecular weight is 272 g/mol. The Hall–Kier alpha value is -1.33. The number of hydrogen-bond donors (Lipinski definition) is 0. The average Bonchev–Trinajstić information content (AvgIpc) is 2.84. The monoisotopic (exact) mass is 272 g/mol. The van der Waals surface area contributed by atoms with Gasteiger partial charge in [-0.1, -0.05) is 19.0 Å². The van der Waals surface area contributed by atoms with Crippen LogP contribution in [0.25, 0.3) is 0 Å². The summed E-state index contributed by atoms with van der Waals surface area (Å²) in [6, 6.07) is 0. The zero-order valence-corrected chi connectivity index (χ0v) is 11.3. The van der Waals surface area contributed by atoms with Gasteiger partial charge in [0.1, 0.15) is 5.78 Å². The Morgan fingerprint density at radius 1 is 1.47 bits per heavy atom. The highest BCUT2D eigenvalue weighted by molar-refractivity contribution is 5.82. The maximum Gasteiger partial charge on any atom is 0.248 e. The van der Waals surface area contributed by atoms with E-state index in [-0.39, 0.29) is 36.4 Å². The lowest BCUT2D eigenvalue weighted by Gasteiger charge is -2.12. The van der Waals surface area contributed by atoms with Crippen molar-refractivity contribution in [3.05, 3.63) is 11.7 Å². The first-order chi connectivity index (χ1) is 8.80. The predicted molar refractivity (Wildman–Crippen MR) is 64.1 cm³/mol. The molecular weight excluding hydrogens is 254 g/mol. The summed E-state index contributed by atoms with van der Waals surface area (Å²) in [5.41, 5.74) is 0. The van der Waals surface area contributed by atoms with E-state index in [4.69, 9.17) is 4.52 Å². The largest absolute Gasteiger partial charge is 0.339 e. The Bertz CT molecular complexity index is 471. The minimum Gasteiger partial charge on any atom is -0.339 e. The molecule has 0 saturated heterocycles. The van der Waals surface area contributed by atoms with Gasteiger partial charge in [0.2, 0.25) is 11.8 Å². The van der Waals surface area contributed by atoms with Gasteiger partial charge in [0, 0.05) is 18.8 Å². The third-order valence-corrected chi connectivity index (χ3v) is 3.60. The van der Waals surface area contributed by atoms with E-state index in [1.54, 1.807) is 0 Å². The summed E-state index contributed by atoms with van der Waals surface area (Å²) >= 11 is 0. The Labute approximate surface area is 110 Å². The molecule has 1 saturated carbocycles. The van der Waals surface area contributed by atoms with Crippen LogP contribution in [0.1, 0.15) is 63.6 Å². The van der Waals surface area contributed by atoms with E-state index in [2.05, 4.69) is 10.1 Å². The van der Waals surface area contributed by atoms with Crippen LogP contribution in [0.4, 0.5) is 8.78 Å². The summed E-state index contributed by atoms with van der Waals surface area (Å²) in [6.45, 7) is 5.25. The smallest absolute Gasteiger partial charge is 0.248 e. The first-order valence-electron chi connectivity index (χ1n) is 6.52. The second kappa shape index (κ2) is 4.98. The molecule has 0 N–H and O–H groups in total. The van der Waals surface area contributed by atoms with Crippen LogP contribution < -0.4 is 0 Å². The minimum absolute atomic E-state index is 0.0378. The molecular formula is C13H18F2N2O2. The van der Waals surface area contributed by atoms with Crippen molar-refractivity contribution in [2.75, 3.05) is 0 Å². The van der Waals surface area contributed by atoms with Crippen LogP contribution in [0.15, 0.2) is 4.52 Å². The summed E-state index contributed by atoms with van der Waals surface area (Å²) in [6.07, 6.45) is -0.0152. The topological polar surface area (TPSA) is 56.0 Å². The molecule has 0 amide bonds. The van der Waals surface area contributed by atoms with Crippen molar-refractivity contribution in [1.29, 1.82) is 0 Å². The van der Waals surface area contributed by atoms with E-state index in [1.807, 2.05) is 13.8 Å². The molecule has 19 heavy (non-hydrogen) atoms. The lowest BCUT2D eigenvalue weighted by molar-refractivity contribution is -0.119. The van der Waals surface area contributed by atoms with Crippen molar-refractivity contribution in [1.82, 2.24) is 10.1 Å². The molecule has 2 rings (SSSR count). The Morgan fingerprint density at radius 2 is 2.16 bits per heavy atom. The molecule has 0 spiro atoms. The highest BCUT2D eigenvalue weighted by Crippen LogP contribution is 2.43. The highest BCUT2D eigenvalue weighted by atomic mass is 19.3. The number of rotatable bonds is 4. The number of carbonyl (C=O) groups is 1. The molecule has 0 aromatic carbocycles. The van der Waals surface area contributed by atoms with Crippen LogP contribution >= 0.6 is 0 Å². The summed E-state index contributed by atoms with van der Waals surface area (Å²) in [7, 11) is 0. The molecule has 4 nitrogen and oxygen atoms in total. The molecule has 0 bridgehead atoms. The van der Waals surface area contributed by atoms with Gasteiger partial charge in [0.05, 0.1) is 5.92 Å². The van der Waals surface area contributed by atoms with Crippen molar-refractivity contribution < 1.29 is 18.1 Å².